The van der Waals surface area contributed by atoms with Gasteiger partial charge in [-0.05, 0) is 25.3 Å². The van der Waals surface area contributed by atoms with Gasteiger partial charge in [-0.2, -0.15) is 0 Å². The Bertz CT molecular complexity index is 507. The van der Waals surface area contributed by atoms with Crippen LogP contribution in [0.5, 0.6) is 0 Å². The fourth-order valence-electron chi connectivity index (χ4n) is 2.74. The molecule has 2 atom stereocenters. The van der Waals surface area contributed by atoms with E-state index in [0.29, 0.717) is 0 Å². The van der Waals surface area contributed by atoms with Crippen molar-refractivity contribution in [2.24, 2.45) is 4.99 Å². The van der Waals surface area contributed by atoms with Crippen molar-refractivity contribution in [1.29, 1.82) is 0 Å². The number of likely N-dealkylation sites (tertiary alicyclic amines) is 1. The van der Waals surface area contributed by atoms with Crippen LogP contribution in [-0.4, -0.2) is 36.3 Å². The molecule has 0 saturated carbocycles. The molecule has 1 fully saturated rings. The summed E-state index contributed by atoms with van der Waals surface area (Å²) in [5.41, 5.74) is 2.19. The zero-order valence-corrected chi connectivity index (χ0v) is 11.1. The maximum absolute atomic E-state index is 12.4. The van der Waals surface area contributed by atoms with Gasteiger partial charge in [-0.1, -0.05) is 29.8 Å². The molecule has 2 aliphatic heterocycles. The second-order valence-electron chi connectivity index (χ2n) is 5.20. The van der Waals surface area contributed by atoms with Gasteiger partial charge in [-0.3, -0.25) is 4.79 Å². The number of aryl methyl sites for hydroxylation is 1. The molecule has 100 valence electrons. The minimum atomic E-state index is -0.417. The predicted octanol–water partition coefficient (Wildman–Crippen LogP) is 2.09. The quantitative estimate of drug-likeness (QED) is 0.815. The monoisotopic (exact) mass is 258 g/mol. The Morgan fingerprint density at radius 2 is 2.16 bits per heavy atom. The highest BCUT2D eigenvalue weighted by Crippen LogP contribution is 2.29. The van der Waals surface area contributed by atoms with Gasteiger partial charge >= 0.3 is 0 Å². The van der Waals surface area contributed by atoms with Gasteiger partial charge < -0.3 is 9.64 Å². The minimum absolute atomic E-state index is 0.0951. The summed E-state index contributed by atoms with van der Waals surface area (Å²) in [6.45, 7) is 3.74. The molecule has 0 bridgehead atoms. The summed E-state index contributed by atoms with van der Waals surface area (Å²) < 4.78 is 5.55. The summed E-state index contributed by atoms with van der Waals surface area (Å²) >= 11 is 0. The third kappa shape index (κ3) is 2.35. The van der Waals surface area contributed by atoms with Crippen LogP contribution >= 0.6 is 0 Å². The van der Waals surface area contributed by atoms with Crippen molar-refractivity contribution in [2.45, 2.75) is 31.9 Å². The first-order chi connectivity index (χ1) is 9.25. The molecule has 4 nitrogen and oxygen atoms in total. The van der Waals surface area contributed by atoms with E-state index >= 15 is 0 Å². The molecular weight excluding hydrogens is 240 g/mol. The van der Waals surface area contributed by atoms with Gasteiger partial charge in [0, 0.05) is 13.1 Å². The van der Waals surface area contributed by atoms with Gasteiger partial charge in [0.1, 0.15) is 0 Å². The number of carbonyl (C=O) groups is 1. The van der Waals surface area contributed by atoms with E-state index in [4.69, 9.17) is 4.74 Å². The lowest BCUT2D eigenvalue weighted by molar-refractivity contribution is -0.133. The van der Waals surface area contributed by atoms with Crippen molar-refractivity contribution < 1.29 is 9.53 Å². The molecular formula is C15H18N2O2. The predicted molar refractivity (Wildman–Crippen MR) is 73.1 cm³/mol. The van der Waals surface area contributed by atoms with E-state index in [1.807, 2.05) is 30.0 Å². The highest BCUT2D eigenvalue weighted by atomic mass is 16.5. The van der Waals surface area contributed by atoms with Gasteiger partial charge in [0.05, 0.1) is 0 Å². The van der Waals surface area contributed by atoms with Crippen LogP contribution in [-0.2, 0) is 9.53 Å². The first kappa shape index (κ1) is 12.2. The molecule has 0 radical (unpaired) electrons. The van der Waals surface area contributed by atoms with Crippen LogP contribution in [0.4, 0.5) is 0 Å². The average molecular weight is 258 g/mol. The van der Waals surface area contributed by atoms with Crippen LogP contribution in [0.3, 0.4) is 0 Å². The number of ether oxygens (including phenoxy) is 1. The van der Waals surface area contributed by atoms with Crippen molar-refractivity contribution in [2.75, 3.05) is 13.1 Å². The first-order valence-electron chi connectivity index (χ1n) is 6.78. The van der Waals surface area contributed by atoms with Gasteiger partial charge in [0.15, 0.2) is 18.5 Å². The number of amides is 1. The van der Waals surface area contributed by atoms with E-state index in [2.05, 4.69) is 11.1 Å². The number of aliphatic imine (C=N–C) groups is 1. The van der Waals surface area contributed by atoms with Gasteiger partial charge in [-0.15, -0.1) is 0 Å². The van der Waals surface area contributed by atoms with Crippen LogP contribution in [0.25, 0.3) is 0 Å². The van der Waals surface area contributed by atoms with E-state index in [1.165, 1.54) is 12.0 Å². The Hall–Kier alpha value is -1.84. The van der Waals surface area contributed by atoms with Crippen molar-refractivity contribution in [3.05, 3.63) is 35.4 Å². The van der Waals surface area contributed by atoms with E-state index in [-0.39, 0.29) is 12.0 Å². The Kier molecular flexibility index (Phi) is 3.23. The second kappa shape index (κ2) is 5.03. The SMILES string of the molecule is Cc1cccc([C@H]2OC=NC2C(=O)N2CCCC2)c1. The lowest BCUT2D eigenvalue weighted by atomic mass is 10.0. The Morgan fingerprint density at radius 1 is 1.37 bits per heavy atom. The number of hydrogen-bond acceptors (Lipinski definition) is 3. The lowest BCUT2D eigenvalue weighted by Crippen LogP contribution is -2.38. The third-order valence-electron chi connectivity index (χ3n) is 3.76. The summed E-state index contributed by atoms with van der Waals surface area (Å²) in [4.78, 5) is 18.6. The zero-order valence-electron chi connectivity index (χ0n) is 11.1. The van der Waals surface area contributed by atoms with Crippen LogP contribution in [0, 0.1) is 6.92 Å². The summed E-state index contributed by atoms with van der Waals surface area (Å²) in [7, 11) is 0. The number of rotatable bonds is 2. The third-order valence-corrected chi connectivity index (χ3v) is 3.76. The van der Waals surface area contributed by atoms with Crippen molar-refractivity contribution >= 4 is 12.3 Å². The second-order valence-corrected chi connectivity index (χ2v) is 5.20. The van der Waals surface area contributed by atoms with Crippen LogP contribution < -0.4 is 0 Å². The maximum Gasteiger partial charge on any atom is 0.251 e. The molecule has 1 saturated heterocycles. The standard InChI is InChI=1S/C15H18N2O2/c1-11-5-4-6-12(9-11)14-13(16-10-19-14)15(18)17-7-2-3-8-17/h4-6,9-10,13-14H,2-3,7-8H2,1H3/t13?,14-/m1/s1. The molecule has 1 unspecified atom stereocenters. The maximum atomic E-state index is 12.4. The van der Waals surface area contributed by atoms with E-state index in [9.17, 15) is 4.79 Å². The molecule has 0 aromatic heterocycles. The van der Waals surface area contributed by atoms with Gasteiger partial charge in [-0.25, -0.2) is 4.99 Å². The minimum Gasteiger partial charge on any atom is -0.473 e. The smallest absolute Gasteiger partial charge is 0.251 e. The van der Waals surface area contributed by atoms with Crippen molar-refractivity contribution in [1.82, 2.24) is 4.90 Å². The molecule has 4 heteroatoms. The first-order valence-corrected chi connectivity index (χ1v) is 6.78. The Balaban J connectivity index is 1.80. The molecule has 1 amide bonds. The summed E-state index contributed by atoms with van der Waals surface area (Å²) in [5, 5.41) is 0. The van der Waals surface area contributed by atoms with E-state index in [0.717, 1.165) is 31.5 Å². The Morgan fingerprint density at radius 3 is 2.89 bits per heavy atom. The largest absolute Gasteiger partial charge is 0.473 e. The molecule has 0 spiro atoms. The fourth-order valence-corrected chi connectivity index (χ4v) is 2.74. The molecule has 0 N–H and O–H groups in total. The number of benzene rings is 1. The van der Waals surface area contributed by atoms with E-state index in [1.54, 1.807) is 0 Å². The lowest BCUT2D eigenvalue weighted by Gasteiger charge is -2.22. The van der Waals surface area contributed by atoms with Crippen molar-refractivity contribution in [3.63, 3.8) is 0 Å². The summed E-state index contributed by atoms with van der Waals surface area (Å²) in [6, 6.07) is 7.67. The highest BCUT2D eigenvalue weighted by molar-refractivity contribution is 5.85. The van der Waals surface area contributed by atoms with E-state index < -0.39 is 6.04 Å². The molecule has 1 aromatic carbocycles. The Labute approximate surface area is 113 Å². The number of carbonyl (C=O) groups excluding carboxylic acids is 1. The van der Waals surface area contributed by atoms with Gasteiger partial charge in [0.25, 0.3) is 5.91 Å². The zero-order chi connectivity index (χ0) is 13.2. The number of hydrogen-bond donors (Lipinski definition) is 0. The molecule has 1 aromatic rings. The highest BCUT2D eigenvalue weighted by Gasteiger charge is 2.37. The van der Waals surface area contributed by atoms with Crippen LogP contribution in [0.2, 0.25) is 0 Å². The van der Waals surface area contributed by atoms with Crippen LogP contribution in [0.1, 0.15) is 30.1 Å². The summed E-state index contributed by atoms with van der Waals surface area (Å²) in [5.74, 6) is 0.0951. The molecule has 19 heavy (non-hydrogen) atoms. The molecule has 0 aliphatic carbocycles. The molecule has 2 heterocycles. The number of nitrogens with zero attached hydrogens (tertiary/aromatic N) is 2. The van der Waals surface area contributed by atoms with Gasteiger partial charge in [0.2, 0.25) is 0 Å². The fraction of sp³-hybridized carbons (Fsp3) is 0.467. The average Bonchev–Trinajstić information content (AvgIpc) is 3.09. The molecule has 3 rings (SSSR count). The molecule has 2 aliphatic rings. The normalized spacial score (nSPS) is 25.6. The van der Waals surface area contributed by atoms with Crippen LogP contribution in [0.15, 0.2) is 29.3 Å². The summed E-state index contributed by atoms with van der Waals surface area (Å²) in [6.07, 6.45) is 3.34. The van der Waals surface area contributed by atoms with Crippen molar-refractivity contribution in [3.8, 4) is 0 Å². The topological polar surface area (TPSA) is 41.9 Å².